The van der Waals surface area contributed by atoms with Gasteiger partial charge in [-0.15, -0.1) is 11.3 Å². The van der Waals surface area contributed by atoms with Gasteiger partial charge < -0.3 is 10.2 Å². The van der Waals surface area contributed by atoms with Crippen LogP contribution in [0.15, 0.2) is 28.1 Å². The van der Waals surface area contributed by atoms with Crippen LogP contribution < -0.4 is 5.73 Å². The third-order valence-corrected chi connectivity index (χ3v) is 2.91. The minimum atomic E-state index is 0.118. The van der Waals surface area contributed by atoms with Gasteiger partial charge in [-0.05, 0) is 18.4 Å². The van der Waals surface area contributed by atoms with Gasteiger partial charge in [0.2, 0.25) is 0 Å². The van der Waals surface area contributed by atoms with E-state index < -0.39 is 0 Å². The van der Waals surface area contributed by atoms with Crippen LogP contribution in [0.4, 0.5) is 0 Å². The van der Waals surface area contributed by atoms with Gasteiger partial charge in [0.25, 0.3) is 0 Å². The van der Waals surface area contributed by atoms with Gasteiger partial charge in [-0.2, -0.15) is 0 Å². The highest BCUT2D eigenvalue weighted by Gasteiger charge is 2.07. The summed E-state index contributed by atoms with van der Waals surface area (Å²) in [6.45, 7) is 1.96. The van der Waals surface area contributed by atoms with E-state index in [2.05, 4.69) is 16.4 Å². The molecule has 0 bridgehead atoms. The first-order valence-electron chi connectivity index (χ1n) is 4.95. The van der Waals surface area contributed by atoms with Gasteiger partial charge in [-0.3, -0.25) is 0 Å². The van der Waals surface area contributed by atoms with Crippen LogP contribution in [0.2, 0.25) is 0 Å². The third kappa shape index (κ3) is 2.91. The van der Waals surface area contributed by atoms with Gasteiger partial charge in [-0.25, -0.2) is 4.98 Å². The molecule has 3 nitrogen and oxygen atoms in total. The molecule has 1 unspecified atom stereocenters. The van der Waals surface area contributed by atoms with Crippen molar-refractivity contribution in [2.75, 3.05) is 0 Å². The summed E-state index contributed by atoms with van der Waals surface area (Å²) in [7, 11) is 0. The van der Waals surface area contributed by atoms with Crippen LogP contribution in [0, 0.1) is 0 Å². The zero-order valence-corrected chi connectivity index (χ0v) is 9.46. The number of hydrogen-bond donors (Lipinski definition) is 1. The van der Waals surface area contributed by atoms with Crippen molar-refractivity contribution in [3.63, 3.8) is 0 Å². The van der Waals surface area contributed by atoms with Crippen molar-refractivity contribution in [2.24, 2.45) is 5.73 Å². The Labute approximate surface area is 92.9 Å². The molecule has 15 heavy (non-hydrogen) atoms. The van der Waals surface area contributed by atoms with Crippen molar-refractivity contribution in [1.82, 2.24) is 4.98 Å². The maximum Gasteiger partial charge on any atom is 0.199 e. The standard InChI is InChI=1S/C11H14N2OS/c1-8(12)5-9-7-13-11(14-9)6-10-3-2-4-15-10/h2-4,7-8H,5-6,12H2,1H3. The third-order valence-electron chi connectivity index (χ3n) is 2.03. The largest absolute Gasteiger partial charge is 0.445 e. The highest BCUT2D eigenvalue weighted by Crippen LogP contribution is 2.15. The van der Waals surface area contributed by atoms with Gasteiger partial charge in [0.1, 0.15) is 5.76 Å². The molecule has 2 aromatic rings. The summed E-state index contributed by atoms with van der Waals surface area (Å²) in [5, 5.41) is 2.06. The molecular weight excluding hydrogens is 208 g/mol. The molecule has 4 heteroatoms. The average Bonchev–Trinajstić information content (AvgIpc) is 2.77. The number of aromatic nitrogens is 1. The van der Waals surface area contributed by atoms with Gasteiger partial charge in [0.05, 0.1) is 12.6 Å². The smallest absolute Gasteiger partial charge is 0.199 e. The lowest BCUT2D eigenvalue weighted by atomic mass is 10.2. The van der Waals surface area contributed by atoms with E-state index in [1.165, 1.54) is 4.88 Å². The topological polar surface area (TPSA) is 52.0 Å². The zero-order valence-electron chi connectivity index (χ0n) is 8.64. The van der Waals surface area contributed by atoms with Crippen LogP contribution in [0.1, 0.15) is 23.5 Å². The van der Waals surface area contributed by atoms with E-state index in [0.717, 1.165) is 24.5 Å². The molecule has 0 radical (unpaired) electrons. The second kappa shape index (κ2) is 4.59. The minimum Gasteiger partial charge on any atom is -0.445 e. The highest BCUT2D eigenvalue weighted by atomic mass is 32.1. The molecule has 0 aliphatic heterocycles. The second-order valence-electron chi connectivity index (χ2n) is 3.66. The molecule has 2 rings (SSSR count). The normalized spacial score (nSPS) is 12.9. The van der Waals surface area contributed by atoms with Crippen molar-refractivity contribution < 1.29 is 4.42 Å². The number of oxazole rings is 1. The molecule has 1 atom stereocenters. The van der Waals surface area contributed by atoms with Crippen LogP contribution in [0.25, 0.3) is 0 Å². The van der Waals surface area contributed by atoms with Crippen LogP contribution in [-0.2, 0) is 12.8 Å². The van der Waals surface area contributed by atoms with E-state index in [1.54, 1.807) is 17.5 Å². The van der Waals surface area contributed by atoms with E-state index >= 15 is 0 Å². The lowest BCUT2D eigenvalue weighted by molar-refractivity contribution is 0.453. The average molecular weight is 222 g/mol. The molecule has 0 fully saturated rings. The summed E-state index contributed by atoms with van der Waals surface area (Å²) in [6.07, 6.45) is 3.29. The molecule has 0 saturated heterocycles. The summed E-state index contributed by atoms with van der Waals surface area (Å²) in [5.41, 5.74) is 5.68. The Kier molecular flexibility index (Phi) is 3.18. The van der Waals surface area contributed by atoms with Crippen molar-refractivity contribution in [1.29, 1.82) is 0 Å². The van der Waals surface area contributed by atoms with E-state index in [1.807, 2.05) is 13.0 Å². The fourth-order valence-corrected chi connectivity index (χ4v) is 2.10. The Hall–Kier alpha value is -1.13. The maximum absolute atomic E-state index is 5.68. The van der Waals surface area contributed by atoms with E-state index in [4.69, 9.17) is 10.2 Å². The van der Waals surface area contributed by atoms with Gasteiger partial charge >= 0.3 is 0 Å². The quantitative estimate of drug-likeness (QED) is 0.863. The van der Waals surface area contributed by atoms with Crippen molar-refractivity contribution in [2.45, 2.75) is 25.8 Å². The van der Waals surface area contributed by atoms with Gasteiger partial charge in [-0.1, -0.05) is 6.07 Å². The first-order chi connectivity index (χ1) is 7.24. The predicted octanol–water partition coefficient (Wildman–Crippen LogP) is 2.22. The summed E-state index contributed by atoms with van der Waals surface area (Å²) < 4.78 is 5.58. The molecule has 0 aliphatic carbocycles. The monoisotopic (exact) mass is 222 g/mol. The number of nitrogens with zero attached hydrogens (tertiary/aromatic N) is 1. The number of nitrogens with two attached hydrogens (primary N) is 1. The molecule has 0 amide bonds. The van der Waals surface area contributed by atoms with Crippen molar-refractivity contribution in [3.8, 4) is 0 Å². The van der Waals surface area contributed by atoms with Crippen LogP contribution in [-0.4, -0.2) is 11.0 Å². The molecule has 0 aromatic carbocycles. The van der Waals surface area contributed by atoms with Gasteiger partial charge in [0, 0.05) is 17.3 Å². The summed E-state index contributed by atoms with van der Waals surface area (Å²) >= 11 is 1.72. The first kappa shape index (κ1) is 10.4. The van der Waals surface area contributed by atoms with E-state index in [-0.39, 0.29) is 6.04 Å². The lowest BCUT2D eigenvalue weighted by Gasteiger charge is -1.99. The Morgan fingerprint density at radius 3 is 3.13 bits per heavy atom. The molecule has 0 saturated carbocycles. The second-order valence-corrected chi connectivity index (χ2v) is 4.69. The zero-order chi connectivity index (χ0) is 10.7. The molecule has 80 valence electrons. The lowest BCUT2D eigenvalue weighted by Crippen LogP contribution is -2.17. The minimum absolute atomic E-state index is 0.118. The number of thiophene rings is 1. The van der Waals surface area contributed by atoms with Gasteiger partial charge in [0.15, 0.2) is 5.89 Å². The molecule has 0 spiro atoms. The Morgan fingerprint density at radius 2 is 2.47 bits per heavy atom. The predicted molar refractivity (Wildman–Crippen MR) is 61.0 cm³/mol. The maximum atomic E-state index is 5.68. The molecule has 2 heterocycles. The fraction of sp³-hybridized carbons (Fsp3) is 0.364. The summed E-state index contributed by atoms with van der Waals surface area (Å²) in [5.74, 6) is 1.64. The van der Waals surface area contributed by atoms with E-state index in [0.29, 0.717) is 0 Å². The van der Waals surface area contributed by atoms with Crippen molar-refractivity contribution >= 4 is 11.3 Å². The van der Waals surface area contributed by atoms with Crippen LogP contribution >= 0.6 is 11.3 Å². The Bertz CT molecular complexity index is 406. The van der Waals surface area contributed by atoms with Crippen LogP contribution in [0.3, 0.4) is 0 Å². The summed E-state index contributed by atoms with van der Waals surface area (Å²) in [4.78, 5) is 5.50. The Morgan fingerprint density at radius 1 is 1.60 bits per heavy atom. The van der Waals surface area contributed by atoms with Crippen molar-refractivity contribution in [3.05, 3.63) is 40.2 Å². The van der Waals surface area contributed by atoms with Crippen LogP contribution in [0.5, 0.6) is 0 Å². The molecule has 2 N–H and O–H groups in total. The molecule has 2 aromatic heterocycles. The summed E-state index contributed by atoms with van der Waals surface area (Å²) in [6, 6.07) is 4.24. The molecule has 0 aliphatic rings. The first-order valence-corrected chi connectivity index (χ1v) is 5.83. The molecular formula is C11H14N2OS. The van der Waals surface area contributed by atoms with E-state index in [9.17, 15) is 0 Å². The SMILES string of the molecule is CC(N)Cc1cnc(Cc2cccs2)o1. The number of rotatable bonds is 4. The Balaban J connectivity index is 2.01. The fourth-order valence-electron chi connectivity index (χ4n) is 1.40. The number of hydrogen-bond acceptors (Lipinski definition) is 4. The highest BCUT2D eigenvalue weighted by molar-refractivity contribution is 7.09.